The number of carbonyl (C=O) groups is 4. The number of ether oxygens (including phenoxy) is 2. The van der Waals surface area contributed by atoms with Crippen molar-refractivity contribution in [2.24, 2.45) is 17.6 Å². The first-order valence-electron chi connectivity index (χ1n) is 32.7. The molecule has 0 bridgehead atoms. The van der Waals surface area contributed by atoms with Crippen LogP contribution in [-0.4, -0.2) is 127 Å². The number of nitrogens with zero attached hydrogens (tertiary/aromatic N) is 12. The second-order valence-corrected chi connectivity index (χ2v) is 23.9. The number of unbranched alkanes of at least 4 members (excludes halogenated alkanes) is 5. The molecule has 9 rings (SSSR count). The maximum Gasteiger partial charge on any atom is 0.309 e. The van der Waals surface area contributed by atoms with E-state index in [1.54, 1.807) is 0 Å². The summed E-state index contributed by atoms with van der Waals surface area (Å²) in [5.74, 6) is -0.710. The molecule has 9 aromatic rings. The highest BCUT2D eigenvalue weighted by Gasteiger charge is 2.31. The van der Waals surface area contributed by atoms with Crippen LogP contribution in [0.25, 0.3) is 45.0 Å². The maximum absolute atomic E-state index is 14.1. The number of imidazole rings is 2. The average Bonchev–Trinajstić information content (AvgIpc) is 1.49. The zero-order valence-corrected chi connectivity index (χ0v) is 56.2. The van der Waals surface area contributed by atoms with E-state index in [4.69, 9.17) is 38.4 Å². The number of tetrazole rings is 2. The van der Waals surface area contributed by atoms with E-state index in [0.29, 0.717) is 101 Å². The molecule has 0 aliphatic carbocycles. The van der Waals surface area contributed by atoms with E-state index in [-0.39, 0.29) is 79.0 Å². The van der Waals surface area contributed by atoms with Crippen molar-refractivity contribution in [3.63, 3.8) is 0 Å². The minimum atomic E-state index is -0.858. The van der Waals surface area contributed by atoms with Gasteiger partial charge in [-0.05, 0) is 114 Å². The highest BCUT2D eigenvalue weighted by Crippen LogP contribution is 2.34. The molecule has 0 amide bonds. The number of aryl methyl sites for hydroxylation is 2. The second-order valence-electron chi connectivity index (χ2n) is 23.2. The van der Waals surface area contributed by atoms with Gasteiger partial charge in [0.2, 0.25) is 11.6 Å². The molecule has 0 saturated heterocycles. The van der Waals surface area contributed by atoms with Crippen molar-refractivity contribution in [2.75, 3.05) is 33.0 Å². The van der Waals surface area contributed by atoms with Gasteiger partial charge in [0.15, 0.2) is 21.9 Å². The molecule has 2 atom stereocenters. The number of ketones is 2. The fourth-order valence-corrected chi connectivity index (χ4v) is 11.7. The number of esters is 2. The molecular formula is C69H79Cl2N15O12. The second kappa shape index (κ2) is 38.6. The summed E-state index contributed by atoms with van der Waals surface area (Å²) >= 11 is 13.3. The van der Waals surface area contributed by atoms with Gasteiger partial charge in [-0.2, -0.15) is 10.4 Å². The quantitative estimate of drug-likeness (QED) is 0.0106. The van der Waals surface area contributed by atoms with Gasteiger partial charge in [0, 0.05) is 49.9 Å². The lowest BCUT2D eigenvalue weighted by molar-refractivity contribution is -0.757. The standard InChI is InChI=1S/C36H38ClN7O6.C33H41ClN8O6/c1-2-3-15-32-38-34(37)33(31(45)23-28(22-25-11-5-4-6-12-25)36(46)49-20-9-10-21-50-44(47)48)43(32)24-26-16-18-27(19-17-26)29-13-7-8-14-30(29)35-39-41-42-40-35;1-2-3-13-29-36-31(34)30(28(43)21-25(10-6-7-18-35)33(44)47-19-8-9-20-48-42(45)46)41(29)22-23-14-16-24(17-15-23)26-11-4-5-12-27(26)32-37-39-40-38-32/h4-8,11-14,16-19,28H,2-3,9-10,15,20-24H2,1H3,(H,39,40,41,42);4-5,11-12,14-17,25H,2-3,6-10,13,18-22,35H2,1H3,(H,37,38,39,40). The number of aromatic amines is 2. The Labute approximate surface area is 575 Å². The van der Waals surface area contributed by atoms with E-state index in [1.165, 1.54) is 0 Å². The van der Waals surface area contributed by atoms with Crippen LogP contribution in [0.5, 0.6) is 0 Å². The minimum absolute atomic E-state index is 0.0504. The number of nitrogens with two attached hydrogens (primary N) is 1. The largest absolute Gasteiger partial charge is 0.465 e. The molecule has 0 spiro atoms. The summed E-state index contributed by atoms with van der Waals surface area (Å²) in [5.41, 5.74) is 14.5. The van der Waals surface area contributed by atoms with E-state index in [0.717, 1.165) is 75.8 Å². The molecule has 2 unspecified atom stereocenters. The first-order chi connectivity index (χ1) is 47.6. The van der Waals surface area contributed by atoms with Crippen molar-refractivity contribution in [1.29, 1.82) is 0 Å². The Hall–Kier alpha value is -10.1. The highest BCUT2D eigenvalue weighted by atomic mass is 35.5. The van der Waals surface area contributed by atoms with E-state index < -0.39 is 33.9 Å². The number of aromatic nitrogens is 12. The van der Waals surface area contributed by atoms with Crippen molar-refractivity contribution in [3.8, 4) is 45.0 Å². The summed E-state index contributed by atoms with van der Waals surface area (Å²) in [4.78, 5) is 92.9. The molecule has 4 N–H and O–H groups in total. The number of hydrogen-bond acceptors (Lipinski definition) is 21. The molecule has 0 aliphatic rings. The number of benzene rings is 5. The third-order valence-electron chi connectivity index (χ3n) is 16.1. The predicted molar refractivity (Wildman–Crippen MR) is 364 cm³/mol. The summed E-state index contributed by atoms with van der Waals surface area (Å²) < 4.78 is 14.7. The number of halogens is 2. The Bertz CT molecular complexity index is 4000. The molecule has 516 valence electrons. The van der Waals surface area contributed by atoms with Gasteiger partial charge in [0.05, 0.1) is 38.3 Å². The lowest BCUT2D eigenvalue weighted by Crippen LogP contribution is -2.25. The van der Waals surface area contributed by atoms with Gasteiger partial charge in [-0.25, -0.2) is 9.97 Å². The molecular weight excluding hydrogens is 1300 g/mol. The fourth-order valence-electron chi connectivity index (χ4n) is 11.1. The summed E-state index contributed by atoms with van der Waals surface area (Å²) in [6.07, 6.45) is 8.18. The van der Waals surface area contributed by atoms with Gasteiger partial charge >= 0.3 is 11.9 Å². The van der Waals surface area contributed by atoms with E-state index in [1.807, 2.05) is 137 Å². The third kappa shape index (κ3) is 21.7. The van der Waals surface area contributed by atoms with Gasteiger partial charge in [-0.3, -0.25) is 19.2 Å². The van der Waals surface area contributed by atoms with E-state index in [9.17, 15) is 39.4 Å². The Morgan fingerprint density at radius 2 is 0.939 bits per heavy atom. The predicted octanol–water partition coefficient (Wildman–Crippen LogP) is 12.4. The first-order valence-corrected chi connectivity index (χ1v) is 33.4. The number of Topliss-reactive ketones (excluding diaryl/α,β-unsaturated/α-hetero) is 2. The highest BCUT2D eigenvalue weighted by molar-refractivity contribution is 6.33. The third-order valence-corrected chi connectivity index (χ3v) is 16.6. The summed E-state index contributed by atoms with van der Waals surface area (Å²) in [7, 11) is 0. The fraction of sp³-hybridized carbons (Fsp3) is 0.391. The number of nitrogens with one attached hydrogen (secondary N) is 2. The van der Waals surface area contributed by atoms with Crippen LogP contribution in [-0.2, 0) is 61.1 Å². The van der Waals surface area contributed by atoms with Crippen molar-refractivity contribution < 1.29 is 48.5 Å². The molecule has 4 aromatic heterocycles. The average molecular weight is 1380 g/mol. The van der Waals surface area contributed by atoms with Crippen LogP contribution in [0.2, 0.25) is 10.3 Å². The molecule has 4 heterocycles. The van der Waals surface area contributed by atoms with Gasteiger partial charge < -0.3 is 34.0 Å². The van der Waals surface area contributed by atoms with Crippen LogP contribution < -0.4 is 5.73 Å². The monoisotopic (exact) mass is 1380 g/mol. The van der Waals surface area contributed by atoms with Crippen LogP contribution in [0, 0.1) is 32.1 Å². The number of hydrogen-bond donors (Lipinski definition) is 3. The zero-order chi connectivity index (χ0) is 69.6. The molecule has 0 fully saturated rings. The molecule has 5 aromatic carbocycles. The minimum Gasteiger partial charge on any atom is -0.465 e. The summed E-state index contributed by atoms with van der Waals surface area (Å²) in [5, 5.41) is 48.1. The molecule has 98 heavy (non-hydrogen) atoms. The van der Waals surface area contributed by atoms with Crippen molar-refractivity contribution in [1.82, 2.24) is 60.4 Å². The Morgan fingerprint density at radius 1 is 0.520 bits per heavy atom. The van der Waals surface area contributed by atoms with Gasteiger partial charge in [-0.15, -0.1) is 40.6 Å². The number of rotatable bonds is 40. The SMILES string of the molecule is CCCCc1nc(Cl)c(C(=O)CC(CCCCN)C(=O)OCCCCO[N+](=O)[O-])n1Cc1ccc(-c2ccccc2-c2nn[nH]n2)cc1.CCCCc1nc(Cl)c(C(=O)CC(Cc2ccccc2)C(=O)OCCCCO[N+](=O)[O-])n1Cc1ccc(-c2ccccc2-c2nn[nH]n2)cc1. The van der Waals surface area contributed by atoms with Crippen LogP contribution in [0.3, 0.4) is 0 Å². The van der Waals surface area contributed by atoms with Gasteiger partial charge in [0.1, 0.15) is 23.0 Å². The molecule has 0 aliphatic heterocycles. The Balaban J connectivity index is 0.000000250. The maximum atomic E-state index is 14.1. The summed E-state index contributed by atoms with van der Waals surface area (Å²) in [6, 6.07) is 41.1. The first kappa shape index (κ1) is 73.7. The van der Waals surface area contributed by atoms with Crippen LogP contribution in [0.15, 0.2) is 127 Å². The van der Waals surface area contributed by atoms with Gasteiger partial charge in [0.25, 0.3) is 10.2 Å². The zero-order valence-electron chi connectivity index (χ0n) is 54.6. The van der Waals surface area contributed by atoms with Crippen LogP contribution in [0.1, 0.15) is 147 Å². The molecule has 27 nitrogen and oxygen atoms in total. The van der Waals surface area contributed by atoms with Crippen molar-refractivity contribution in [3.05, 3.63) is 198 Å². The lowest BCUT2D eigenvalue weighted by Gasteiger charge is -2.17. The number of H-pyrrole nitrogens is 2. The topological polar surface area (TPSA) is 362 Å². The smallest absolute Gasteiger partial charge is 0.309 e. The molecule has 0 radical (unpaired) electrons. The van der Waals surface area contributed by atoms with Gasteiger partial charge in [-0.1, -0.05) is 184 Å². The van der Waals surface area contributed by atoms with Crippen molar-refractivity contribution in [2.45, 2.75) is 130 Å². The Kier molecular flexibility index (Phi) is 29.0. The lowest BCUT2D eigenvalue weighted by atomic mass is 9.93. The number of carbonyl (C=O) groups excluding carboxylic acids is 4. The van der Waals surface area contributed by atoms with E-state index in [2.05, 4.69) is 74.7 Å². The van der Waals surface area contributed by atoms with Crippen LogP contribution >= 0.6 is 23.2 Å². The molecule has 0 saturated carbocycles. The van der Waals surface area contributed by atoms with E-state index >= 15 is 0 Å². The summed E-state index contributed by atoms with van der Waals surface area (Å²) in [6.45, 7) is 5.30. The van der Waals surface area contributed by atoms with Crippen molar-refractivity contribution >= 4 is 46.7 Å². The molecule has 29 heteroatoms. The van der Waals surface area contributed by atoms with Crippen LogP contribution in [0.4, 0.5) is 0 Å². The normalized spacial score (nSPS) is 11.7. The Morgan fingerprint density at radius 3 is 1.36 bits per heavy atom.